The van der Waals surface area contributed by atoms with Gasteiger partial charge in [0.15, 0.2) is 0 Å². The summed E-state index contributed by atoms with van der Waals surface area (Å²) in [6, 6.07) is 13.9. The Kier molecular flexibility index (Phi) is 4.94. The second kappa shape index (κ2) is 8.01. The number of para-hydroxylation sites is 2. The van der Waals surface area contributed by atoms with E-state index in [-0.39, 0.29) is 29.9 Å². The predicted molar refractivity (Wildman–Crippen MR) is 130 cm³/mol. The summed E-state index contributed by atoms with van der Waals surface area (Å²) in [5.41, 5.74) is 3.81. The lowest BCUT2D eigenvalue weighted by atomic mass is 9.93. The first-order valence-corrected chi connectivity index (χ1v) is 12.2. The third-order valence-corrected chi connectivity index (χ3v) is 7.66. The first-order valence-electron chi connectivity index (χ1n) is 12.2. The number of H-pyrrole nitrogens is 1. The zero-order valence-corrected chi connectivity index (χ0v) is 19.2. The molecule has 7 nitrogen and oxygen atoms in total. The van der Waals surface area contributed by atoms with Crippen LogP contribution in [0.25, 0.3) is 10.9 Å². The zero-order valence-electron chi connectivity index (χ0n) is 19.2. The Bertz CT molecular complexity index is 1310. The number of aromatic amines is 1. The highest BCUT2D eigenvalue weighted by molar-refractivity contribution is 6.24. The van der Waals surface area contributed by atoms with Crippen LogP contribution in [0.15, 0.2) is 48.5 Å². The van der Waals surface area contributed by atoms with Gasteiger partial charge in [0.05, 0.1) is 17.3 Å². The van der Waals surface area contributed by atoms with Crippen molar-refractivity contribution in [2.75, 3.05) is 4.90 Å². The number of nitrogens with zero attached hydrogens (tertiary/aromatic N) is 2. The van der Waals surface area contributed by atoms with Gasteiger partial charge in [0, 0.05) is 29.1 Å². The number of hydrogen-bond donors (Lipinski definition) is 2. The van der Waals surface area contributed by atoms with E-state index in [0.717, 1.165) is 47.8 Å². The summed E-state index contributed by atoms with van der Waals surface area (Å²) in [6.45, 7) is 1.96. The molecule has 3 aliphatic rings. The molecule has 174 valence electrons. The Hall–Kier alpha value is -3.61. The van der Waals surface area contributed by atoms with Gasteiger partial charge < -0.3 is 15.2 Å². The van der Waals surface area contributed by atoms with Gasteiger partial charge >= 0.3 is 6.03 Å². The molecule has 6 rings (SSSR count). The van der Waals surface area contributed by atoms with Crippen molar-refractivity contribution in [2.24, 2.45) is 0 Å². The molecule has 7 heteroatoms. The van der Waals surface area contributed by atoms with E-state index in [1.54, 1.807) is 29.2 Å². The smallest absolute Gasteiger partial charge is 0.332 e. The van der Waals surface area contributed by atoms with E-state index in [1.807, 2.05) is 25.1 Å². The van der Waals surface area contributed by atoms with Gasteiger partial charge in [-0.1, -0.05) is 49.6 Å². The first kappa shape index (κ1) is 21.0. The van der Waals surface area contributed by atoms with Crippen LogP contribution >= 0.6 is 0 Å². The molecular weight excluding hydrogens is 428 g/mol. The van der Waals surface area contributed by atoms with Crippen LogP contribution in [-0.4, -0.2) is 39.8 Å². The molecule has 1 aliphatic carbocycles. The van der Waals surface area contributed by atoms with Crippen molar-refractivity contribution >= 4 is 34.4 Å². The van der Waals surface area contributed by atoms with Gasteiger partial charge in [0.25, 0.3) is 11.8 Å². The molecule has 0 radical (unpaired) electrons. The van der Waals surface area contributed by atoms with Gasteiger partial charge in [-0.3, -0.25) is 9.59 Å². The molecule has 0 unspecified atom stereocenters. The van der Waals surface area contributed by atoms with Crippen molar-refractivity contribution in [3.63, 3.8) is 0 Å². The maximum absolute atomic E-state index is 13.7. The molecule has 2 aromatic carbocycles. The molecular formula is C27H28N4O3. The summed E-state index contributed by atoms with van der Waals surface area (Å²) in [4.78, 5) is 46.8. The molecule has 34 heavy (non-hydrogen) atoms. The number of amides is 4. The first-order chi connectivity index (χ1) is 16.5. The Morgan fingerprint density at radius 2 is 1.74 bits per heavy atom. The summed E-state index contributed by atoms with van der Waals surface area (Å²) in [5.74, 6) is -0.497. The second-order valence-corrected chi connectivity index (χ2v) is 9.65. The lowest BCUT2D eigenvalue weighted by Gasteiger charge is -2.33. The number of anilines is 1. The van der Waals surface area contributed by atoms with E-state index in [2.05, 4.69) is 16.4 Å². The summed E-state index contributed by atoms with van der Waals surface area (Å²) < 4.78 is 0. The number of rotatable bonds is 3. The minimum atomic E-state index is -0.580. The second-order valence-electron chi connectivity index (χ2n) is 9.65. The minimum absolute atomic E-state index is 0.143. The number of hydrogen-bond acceptors (Lipinski definition) is 3. The highest BCUT2D eigenvalue weighted by Crippen LogP contribution is 2.42. The number of fused-ring (bicyclic) bond motifs is 4. The molecule has 3 aromatic rings. The minimum Gasteiger partial charge on any atom is -0.356 e. The molecule has 0 spiro atoms. The molecule has 2 N–H and O–H groups in total. The molecule has 1 saturated carbocycles. The van der Waals surface area contributed by atoms with Gasteiger partial charge in [-0.2, -0.15) is 0 Å². The van der Waals surface area contributed by atoms with Gasteiger partial charge in [0.2, 0.25) is 0 Å². The Balaban J connectivity index is 1.33. The summed E-state index contributed by atoms with van der Waals surface area (Å²) in [7, 11) is 0. The number of aromatic nitrogens is 1. The van der Waals surface area contributed by atoms with Crippen LogP contribution < -0.4 is 10.2 Å². The third kappa shape index (κ3) is 3.14. The quantitative estimate of drug-likeness (QED) is 0.561. The van der Waals surface area contributed by atoms with Crippen molar-refractivity contribution < 1.29 is 14.4 Å². The maximum Gasteiger partial charge on any atom is 0.332 e. The number of carbonyl (C=O) groups excluding carboxylic acids is 3. The van der Waals surface area contributed by atoms with Crippen LogP contribution in [-0.2, 0) is 11.2 Å². The van der Waals surface area contributed by atoms with E-state index in [9.17, 15) is 14.4 Å². The van der Waals surface area contributed by atoms with Crippen LogP contribution in [0, 0.1) is 0 Å². The largest absolute Gasteiger partial charge is 0.356 e. The van der Waals surface area contributed by atoms with Gasteiger partial charge in [-0.15, -0.1) is 0 Å². The highest BCUT2D eigenvalue weighted by atomic mass is 16.2. The molecule has 1 saturated heterocycles. The van der Waals surface area contributed by atoms with Gasteiger partial charge in [-0.05, 0) is 43.5 Å². The van der Waals surface area contributed by atoms with Crippen molar-refractivity contribution in [1.29, 1.82) is 0 Å². The van der Waals surface area contributed by atoms with Crippen LogP contribution in [0.4, 0.5) is 10.5 Å². The fourth-order valence-corrected chi connectivity index (χ4v) is 5.95. The molecule has 2 atom stereocenters. The fourth-order valence-electron chi connectivity index (χ4n) is 5.95. The number of carbonyl (C=O) groups is 3. The Labute approximate surface area is 198 Å². The number of urea groups is 1. The SMILES string of the molecule is C[C@H]1c2[nH]c3ccccc3c2C[C@H]2C(=O)N(c3ccccc3C(=O)NC3CCCCC3)C(=O)N21. The molecule has 4 amide bonds. The molecule has 3 heterocycles. The van der Waals surface area contributed by atoms with Crippen molar-refractivity contribution in [3.8, 4) is 0 Å². The van der Waals surface area contributed by atoms with Crippen molar-refractivity contribution in [2.45, 2.75) is 63.6 Å². The van der Waals surface area contributed by atoms with Crippen LogP contribution in [0.2, 0.25) is 0 Å². The van der Waals surface area contributed by atoms with Crippen LogP contribution in [0.5, 0.6) is 0 Å². The third-order valence-electron chi connectivity index (χ3n) is 7.66. The van der Waals surface area contributed by atoms with Crippen molar-refractivity contribution in [1.82, 2.24) is 15.2 Å². The van der Waals surface area contributed by atoms with Crippen LogP contribution in [0.1, 0.15) is 66.7 Å². The van der Waals surface area contributed by atoms with E-state index < -0.39 is 6.04 Å². The zero-order chi connectivity index (χ0) is 23.4. The number of imide groups is 1. The topological polar surface area (TPSA) is 85.5 Å². The average molecular weight is 457 g/mol. The fraction of sp³-hybridized carbons (Fsp3) is 0.370. The Morgan fingerprint density at radius 3 is 2.56 bits per heavy atom. The van der Waals surface area contributed by atoms with E-state index in [4.69, 9.17) is 0 Å². The van der Waals surface area contributed by atoms with Gasteiger partial charge in [0.1, 0.15) is 6.04 Å². The van der Waals surface area contributed by atoms with Crippen LogP contribution in [0.3, 0.4) is 0 Å². The summed E-state index contributed by atoms with van der Waals surface area (Å²) in [5, 5.41) is 4.22. The number of benzene rings is 2. The average Bonchev–Trinajstić information content (AvgIpc) is 3.35. The predicted octanol–water partition coefficient (Wildman–Crippen LogP) is 4.68. The van der Waals surface area contributed by atoms with E-state index in [0.29, 0.717) is 17.7 Å². The molecule has 2 fully saturated rings. The van der Waals surface area contributed by atoms with Gasteiger partial charge in [-0.25, -0.2) is 9.69 Å². The van der Waals surface area contributed by atoms with E-state index in [1.165, 1.54) is 11.3 Å². The highest BCUT2D eigenvalue weighted by Gasteiger charge is 2.52. The molecule has 1 aromatic heterocycles. The lowest BCUT2D eigenvalue weighted by Crippen LogP contribution is -2.42. The summed E-state index contributed by atoms with van der Waals surface area (Å²) >= 11 is 0. The Morgan fingerprint density at radius 1 is 1.00 bits per heavy atom. The lowest BCUT2D eigenvalue weighted by molar-refractivity contribution is -0.120. The standard InChI is InChI=1S/C27H28N4O3/c1-16-24-20(18-11-5-7-13-21(18)29-24)15-23-26(33)31(27(34)30(16)23)22-14-8-6-12-19(22)25(32)28-17-9-3-2-4-10-17/h5-8,11-14,16-17,23,29H,2-4,9-10,15H2,1H3,(H,28,32)/t16-,23-/m0/s1. The number of nitrogens with one attached hydrogen (secondary N) is 2. The molecule has 2 aliphatic heterocycles. The monoisotopic (exact) mass is 456 g/mol. The summed E-state index contributed by atoms with van der Waals surface area (Å²) in [6.07, 6.45) is 5.81. The molecule has 0 bridgehead atoms. The van der Waals surface area contributed by atoms with E-state index >= 15 is 0 Å². The maximum atomic E-state index is 13.7. The normalized spacial score (nSPS) is 22.7. The van der Waals surface area contributed by atoms with Crippen molar-refractivity contribution in [3.05, 3.63) is 65.4 Å².